The smallest absolute Gasteiger partial charge is 0.276 e. The molecule has 0 radical (unpaired) electrons. The Kier molecular flexibility index (Phi) is 3.43. The van der Waals surface area contributed by atoms with Gasteiger partial charge >= 0.3 is 0 Å². The van der Waals surface area contributed by atoms with Gasteiger partial charge in [0.1, 0.15) is 11.5 Å². The van der Waals surface area contributed by atoms with Gasteiger partial charge < -0.3 is 10.3 Å². The molecule has 0 bridgehead atoms. The summed E-state index contributed by atoms with van der Waals surface area (Å²) in [7, 11) is 0. The molecule has 1 atom stereocenters. The predicted molar refractivity (Wildman–Crippen MR) is 59.5 cm³/mol. The first kappa shape index (κ1) is 11.7. The van der Waals surface area contributed by atoms with Gasteiger partial charge in [-0.25, -0.2) is 9.37 Å². The van der Waals surface area contributed by atoms with E-state index in [0.29, 0.717) is 17.9 Å². The Morgan fingerprint density at radius 3 is 2.94 bits per heavy atom. The minimum atomic E-state index is -0.401. The lowest BCUT2D eigenvalue weighted by Crippen LogP contribution is -2.21. The highest BCUT2D eigenvalue weighted by Gasteiger charge is 2.12. The monoisotopic (exact) mass is 236 g/mol. The summed E-state index contributed by atoms with van der Waals surface area (Å²) in [6.07, 6.45) is 2.51. The molecule has 0 aliphatic carbocycles. The van der Waals surface area contributed by atoms with E-state index in [0.717, 1.165) is 12.6 Å². The van der Waals surface area contributed by atoms with Crippen molar-refractivity contribution in [3.8, 4) is 11.6 Å². The molecule has 0 aromatic carbocycles. The second-order valence-corrected chi connectivity index (χ2v) is 3.75. The minimum Gasteiger partial charge on any atom is -0.332 e. The lowest BCUT2D eigenvalue weighted by molar-refractivity contribution is 0.418. The molecule has 2 heterocycles. The van der Waals surface area contributed by atoms with Gasteiger partial charge in [0.2, 0.25) is 0 Å². The number of rotatable bonds is 4. The summed E-state index contributed by atoms with van der Waals surface area (Å²) >= 11 is 0. The van der Waals surface area contributed by atoms with Gasteiger partial charge in [-0.15, -0.1) is 0 Å². The molecule has 6 heteroatoms. The molecular weight excluding hydrogens is 223 g/mol. The summed E-state index contributed by atoms with van der Waals surface area (Å²) in [6, 6.07) is 2.80. The molecule has 1 unspecified atom stereocenters. The van der Waals surface area contributed by atoms with Crippen molar-refractivity contribution >= 4 is 0 Å². The maximum Gasteiger partial charge on any atom is 0.276 e. The molecule has 0 aliphatic heterocycles. The largest absolute Gasteiger partial charge is 0.332 e. The first-order valence-electron chi connectivity index (χ1n) is 5.39. The summed E-state index contributed by atoms with van der Waals surface area (Å²) in [4.78, 5) is 8.01. The van der Waals surface area contributed by atoms with Crippen LogP contribution >= 0.6 is 0 Å². The molecule has 2 aromatic heterocycles. The summed E-state index contributed by atoms with van der Waals surface area (Å²) in [5, 5.41) is 3.80. The van der Waals surface area contributed by atoms with Gasteiger partial charge in [0.25, 0.3) is 5.89 Å². The normalized spacial score (nSPS) is 12.6. The van der Waals surface area contributed by atoms with E-state index in [9.17, 15) is 4.39 Å². The Hall–Kier alpha value is -1.82. The zero-order chi connectivity index (χ0) is 12.3. The van der Waals surface area contributed by atoms with Gasteiger partial charge in [-0.3, -0.25) is 0 Å². The quantitative estimate of drug-likeness (QED) is 0.871. The van der Waals surface area contributed by atoms with Crippen molar-refractivity contribution < 1.29 is 8.91 Å². The van der Waals surface area contributed by atoms with E-state index in [1.165, 1.54) is 12.1 Å². The fraction of sp³-hybridized carbons (Fsp3) is 0.364. The van der Waals surface area contributed by atoms with Crippen LogP contribution in [0, 0.1) is 5.82 Å². The van der Waals surface area contributed by atoms with Gasteiger partial charge in [-0.1, -0.05) is 12.1 Å². The molecule has 0 saturated heterocycles. The molecule has 0 fully saturated rings. The Morgan fingerprint density at radius 1 is 1.47 bits per heavy atom. The van der Waals surface area contributed by atoms with Gasteiger partial charge in [0.05, 0.1) is 6.20 Å². The van der Waals surface area contributed by atoms with Crippen LogP contribution in [0.3, 0.4) is 0 Å². The van der Waals surface area contributed by atoms with Gasteiger partial charge in [-0.2, -0.15) is 4.98 Å². The van der Waals surface area contributed by atoms with Crippen LogP contribution in [0.4, 0.5) is 4.39 Å². The third-order valence-corrected chi connectivity index (χ3v) is 2.38. The van der Waals surface area contributed by atoms with Crippen LogP contribution in [-0.4, -0.2) is 21.2 Å². The molecule has 0 saturated carbocycles. The Balaban J connectivity index is 2.15. The van der Waals surface area contributed by atoms with Crippen molar-refractivity contribution in [1.29, 1.82) is 0 Å². The molecule has 0 spiro atoms. The van der Waals surface area contributed by atoms with Crippen molar-refractivity contribution in [1.82, 2.24) is 15.1 Å². The van der Waals surface area contributed by atoms with E-state index in [1.807, 2.05) is 6.92 Å². The van der Waals surface area contributed by atoms with E-state index in [1.54, 1.807) is 0 Å². The predicted octanol–water partition coefficient (Wildman–Crippen LogP) is 1.55. The number of pyridine rings is 1. The third kappa shape index (κ3) is 2.85. The second-order valence-electron chi connectivity index (χ2n) is 3.75. The molecule has 2 aromatic rings. The Labute approximate surface area is 97.9 Å². The highest BCUT2D eigenvalue weighted by atomic mass is 19.1. The van der Waals surface area contributed by atoms with Crippen LogP contribution in [0.1, 0.15) is 19.2 Å². The molecule has 5 nitrogen and oxygen atoms in total. The van der Waals surface area contributed by atoms with Crippen molar-refractivity contribution in [2.75, 3.05) is 0 Å². The lowest BCUT2D eigenvalue weighted by Gasteiger charge is -2.02. The van der Waals surface area contributed by atoms with Gasteiger partial charge in [-0.05, 0) is 18.6 Å². The molecular formula is C11H13FN4O. The first-order valence-corrected chi connectivity index (χ1v) is 5.39. The van der Waals surface area contributed by atoms with Crippen molar-refractivity contribution in [2.24, 2.45) is 5.73 Å². The third-order valence-electron chi connectivity index (χ3n) is 2.38. The maximum absolute atomic E-state index is 12.7. The molecule has 0 aliphatic rings. The van der Waals surface area contributed by atoms with E-state index in [2.05, 4.69) is 15.1 Å². The van der Waals surface area contributed by atoms with E-state index in [-0.39, 0.29) is 11.9 Å². The number of hydrogen-bond acceptors (Lipinski definition) is 5. The summed E-state index contributed by atoms with van der Waals surface area (Å²) in [6.45, 7) is 1.99. The highest BCUT2D eigenvalue weighted by Crippen LogP contribution is 2.14. The molecule has 2 rings (SSSR count). The molecule has 90 valence electrons. The number of aromatic nitrogens is 3. The molecule has 17 heavy (non-hydrogen) atoms. The number of halogens is 1. The van der Waals surface area contributed by atoms with E-state index >= 15 is 0 Å². The maximum atomic E-state index is 12.7. The van der Waals surface area contributed by atoms with E-state index in [4.69, 9.17) is 10.3 Å². The highest BCUT2D eigenvalue weighted by molar-refractivity contribution is 5.45. The van der Waals surface area contributed by atoms with Crippen LogP contribution in [0.25, 0.3) is 11.6 Å². The van der Waals surface area contributed by atoms with Gasteiger partial charge in [0.15, 0.2) is 5.82 Å². The second kappa shape index (κ2) is 5.01. The summed E-state index contributed by atoms with van der Waals surface area (Å²) in [5.74, 6) is 0.422. The topological polar surface area (TPSA) is 77.8 Å². The van der Waals surface area contributed by atoms with Crippen molar-refractivity contribution in [2.45, 2.75) is 25.8 Å². The zero-order valence-electron chi connectivity index (χ0n) is 9.43. The van der Waals surface area contributed by atoms with Crippen molar-refractivity contribution in [3.63, 3.8) is 0 Å². The standard InChI is InChI=1S/C11H13FN4O/c1-2-8(13)5-10-15-11(17-16-10)9-4-3-7(12)6-14-9/h3-4,6,8H,2,5,13H2,1H3. The van der Waals surface area contributed by atoms with Crippen molar-refractivity contribution in [3.05, 3.63) is 30.0 Å². The van der Waals surface area contributed by atoms with Crippen LogP contribution in [0.15, 0.2) is 22.9 Å². The van der Waals surface area contributed by atoms with E-state index < -0.39 is 5.82 Å². The molecule has 0 amide bonds. The SMILES string of the molecule is CCC(N)Cc1noc(-c2ccc(F)cn2)n1. The Bertz CT molecular complexity index is 482. The number of nitrogens with two attached hydrogens (primary N) is 1. The molecule has 2 N–H and O–H groups in total. The van der Waals surface area contributed by atoms with Crippen LogP contribution in [-0.2, 0) is 6.42 Å². The Morgan fingerprint density at radius 2 is 2.29 bits per heavy atom. The fourth-order valence-corrected chi connectivity index (χ4v) is 1.32. The van der Waals surface area contributed by atoms with Crippen LogP contribution in [0.2, 0.25) is 0 Å². The first-order chi connectivity index (χ1) is 8.19. The number of hydrogen-bond donors (Lipinski definition) is 1. The van der Waals surface area contributed by atoms with Gasteiger partial charge in [0, 0.05) is 12.5 Å². The number of nitrogens with zero attached hydrogens (tertiary/aromatic N) is 3. The fourth-order valence-electron chi connectivity index (χ4n) is 1.32. The average Bonchev–Trinajstić information content (AvgIpc) is 2.78. The average molecular weight is 236 g/mol. The summed E-state index contributed by atoms with van der Waals surface area (Å²) in [5.41, 5.74) is 6.24. The zero-order valence-corrected chi connectivity index (χ0v) is 9.43. The minimum absolute atomic E-state index is 0.0154. The van der Waals surface area contributed by atoms with Crippen LogP contribution < -0.4 is 5.73 Å². The van der Waals surface area contributed by atoms with Crippen LogP contribution in [0.5, 0.6) is 0 Å². The lowest BCUT2D eigenvalue weighted by atomic mass is 10.2. The summed E-state index contributed by atoms with van der Waals surface area (Å²) < 4.78 is 17.7.